The second-order valence-electron chi connectivity index (χ2n) is 5.34. The molecule has 0 saturated carbocycles. The number of methoxy groups -OCH3 is 3. The van der Waals surface area contributed by atoms with Gasteiger partial charge in [0.1, 0.15) is 22.6 Å². The highest BCUT2D eigenvalue weighted by molar-refractivity contribution is 7.99. The van der Waals surface area contributed by atoms with E-state index in [4.69, 9.17) is 19.3 Å². The molecule has 1 atom stereocenters. The van der Waals surface area contributed by atoms with E-state index in [0.29, 0.717) is 36.0 Å². The van der Waals surface area contributed by atoms with Gasteiger partial charge in [0, 0.05) is 42.4 Å². The number of nitrogens with zero attached hydrogens (tertiary/aromatic N) is 1. The Labute approximate surface area is 157 Å². The molecular formula is C17H25NO5S2. The number of amides is 1. The molecule has 0 spiro atoms. The van der Waals surface area contributed by atoms with Crippen LogP contribution in [0.3, 0.4) is 0 Å². The van der Waals surface area contributed by atoms with Gasteiger partial charge in [0.2, 0.25) is 5.91 Å². The van der Waals surface area contributed by atoms with Crippen molar-refractivity contribution in [3.05, 3.63) is 17.7 Å². The average molecular weight is 388 g/mol. The van der Waals surface area contributed by atoms with E-state index in [1.165, 1.54) is 0 Å². The Morgan fingerprint density at radius 2 is 1.88 bits per heavy atom. The zero-order valence-corrected chi connectivity index (χ0v) is 16.5. The second-order valence-corrected chi connectivity index (χ2v) is 7.75. The molecule has 1 unspecified atom stereocenters. The summed E-state index contributed by atoms with van der Waals surface area (Å²) in [6.07, 6.45) is 0.534. The summed E-state index contributed by atoms with van der Waals surface area (Å²) in [5.74, 6) is 4.30. The molecule has 1 aliphatic heterocycles. The van der Waals surface area contributed by atoms with Gasteiger partial charge in [-0.1, -0.05) is 0 Å². The molecule has 0 aliphatic carbocycles. The molecule has 1 aliphatic rings. The van der Waals surface area contributed by atoms with Gasteiger partial charge in [0.05, 0.1) is 33.5 Å². The summed E-state index contributed by atoms with van der Waals surface area (Å²) in [6.45, 7) is 0.774. The summed E-state index contributed by atoms with van der Waals surface area (Å²) < 4.78 is 16.4. The quantitative estimate of drug-likeness (QED) is 0.653. The molecule has 1 heterocycles. The lowest BCUT2D eigenvalue weighted by molar-refractivity contribution is -0.131. The predicted molar refractivity (Wildman–Crippen MR) is 102 cm³/mol. The number of aliphatic hydroxyl groups excluding tert-OH is 1. The molecule has 0 radical (unpaired) electrons. The Morgan fingerprint density at radius 1 is 1.20 bits per heavy atom. The van der Waals surface area contributed by atoms with Crippen molar-refractivity contribution in [3.8, 4) is 17.2 Å². The van der Waals surface area contributed by atoms with Crippen LogP contribution in [-0.2, 0) is 4.79 Å². The molecule has 0 bridgehead atoms. The minimum absolute atomic E-state index is 0.133. The van der Waals surface area contributed by atoms with Crippen LogP contribution in [-0.4, -0.2) is 67.7 Å². The molecule has 1 aromatic rings. The number of aliphatic hydroxyl groups is 1. The lowest BCUT2D eigenvalue weighted by Gasteiger charge is -2.36. The monoisotopic (exact) mass is 387 g/mol. The van der Waals surface area contributed by atoms with Crippen molar-refractivity contribution >= 4 is 29.4 Å². The van der Waals surface area contributed by atoms with Crippen LogP contribution in [0.2, 0.25) is 0 Å². The van der Waals surface area contributed by atoms with Crippen molar-refractivity contribution in [1.29, 1.82) is 0 Å². The minimum atomic E-state index is -0.160. The average Bonchev–Trinajstić information content (AvgIpc) is 2.65. The number of ether oxygens (including phenoxy) is 3. The number of carbonyl (C=O) groups is 1. The van der Waals surface area contributed by atoms with E-state index in [1.54, 1.807) is 44.9 Å². The van der Waals surface area contributed by atoms with Crippen LogP contribution in [0.1, 0.15) is 17.4 Å². The maximum atomic E-state index is 12.5. The van der Waals surface area contributed by atoms with Gasteiger partial charge in [0.15, 0.2) is 0 Å². The Kier molecular flexibility index (Phi) is 8.05. The first-order valence-corrected chi connectivity index (χ1v) is 10.3. The van der Waals surface area contributed by atoms with Crippen molar-refractivity contribution in [2.24, 2.45) is 0 Å². The third-order valence-electron chi connectivity index (χ3n) is 3.91. The molecule has 1 amide bonds. The third kappa shape index (κ3) is 4.89. The van der Waals surface area contributed by atoms with Gasteiger partial charge in [-0.05, 0) is 0 Å². The molecule has 6 nitrogen and oxygen atoms in total. The Hall–Kier alpha value is -1.25. The molecule has 1 fully saturated rings. The normalized spacial score (nSPS) is 17.5. The van der Waals surface area contributed by atoms with Crippen molar-refractivity contribution in [2.75, 3.05) is 51.7 Å². The highest BCUT2D eigenvalue weighted by Gasteiger charge is 2.34. The van der Waals surface area contributed by atoms with Crippen LogP contribution in [0.25, 0.3) is 0 Å². The summed E-state index contributed by atoms with van der Waals surface area (Å²) in [5.41, 5.74) is 0.857. The van der Waals surface area contributed by atoms with Gasteiger partial charge in [-0.3, -0.25) is 4.79 Å². The van der Waals surface area contributed by atoms with Gasteiger partial charge in [-0.25, -0.2) is 0 Å². The highest BCUT2D eigenvalue weighted by Crippen LogP contribution is 2.47. The summed E-state index contributed by atoms with van der Waals surface area (Å²) in [5, 5.41) is 8.76. The first kappa shape index (κ1) is 20.1. The van der Waals surface area contributed by atoms with Gasteiger partial charge < -0.3 is 24.2 Å². The maximum absolute atomic E-state index is 12.5. The number of rotatable bonds is 9. The number of thioether (sulfide) groups is 2. The van der Waals surface area contributed by atoms with Crippen molar-refractivity contribution < 1.29 is 24.1 Å². The van der Waals surface area contributed by atoms with E-state index >= 15 is 0 Å². The maximum Gasteiger partial charge on any atom is 0.224 e. The van der Waals surface area contributed by atoms with E-state index in [9.17, 15) is 4.79 Å². The highest BCUT2D eigenvalue weighted by atomic mass is 32.2. The summed E-state index contributed by atoms with van der Waals surface area (Å²) >= 11 is 3.35. The van der Waals surface area contributed by atoms with Crippen LogP contribution < -0.4 is 14.2 Å². The van der Waals surface area contributed by atoms with Crippen molar-refractivity contribution in [3.63, 3.8) is 0 Å². The fourth-order valence-corrected chi connectivity index (χ4v) is 4.69. The SMILES string of the molecule is COc1cc(OC)c(C2SCCC(=O)N2CCSCCO)c(OC)c1. The topological polar surface area (TPSA) is 68.2 Å². The van der Waals surface area contributed by atoms with Gasteiger partial charge in [-0.2, -0.15) is 11.8 Å². The standard InChI is InChI=1S/C17H25NO5S2/c1-21-12-10-13(22-2)16(14(11-12)23-3)17-18(5-8-24-9-6-19)15(20)4-7-25-17/h10-11,17,19H,4-9H2,1-3H3. The first-order chi connectivity index (χ1) is 12.2. The number of hydrogen-bond donors (Lipinski definition) is 1. The molecule has 8 heteroatoms. The summed E-state index contributed by atoms with van der Waals surface area (Å²) in [7, 11) is 4.81. The third-order valence-corrected chi connectivity index (χ3v) is 6.10. The second kappa shape index (κ2) is 10.0. The van der Waals surface area contributed by atoms with E-state index in [0.717, 1.165) is 17.1 Å². The van der Waals surface area contributed by atoms with Crippen LogP contribution in [0, 0.1) is 0 Å². The van der Waals surface area contributed by atoms with E-state index < -0.39 is 0 Å². The Balaban J connectivity index is 2.33. The Morgan fingerprint density at radius 3 is 2.44 bits per heavy atom. The number of carbonyl (C=O) groups excluding carboxylic acids is 1. The van der Waals surface area contributed by atoms with Crippen LogP contribution in [0.5, 0.6) is 17.2 Å². The zero-order valence-electron chi connectivity index (χ0n) is 14.8. The first-order valence-electron chi connectivity index (χ1n) is 8.05. The van der Waals surface area contributed by atoms with E-state index in [-0.39, 0.29) is 17.9 Å². The largest absolute Gasteiger partial charge is 0.496 e. The lowest BCUT2D eigenvalue weighted by atomic mass is 10.1. The molecule has 2 rings (SSSR count). The van der Waals surface area contributed by atoms with E-state index in [2.05, 4.69) is 0 Å². The molecule has 25 heavy (non-hydrogen) atoms. The minimum Gasteiger partial charge on any atom is -0.496 e. The fraction of sp³-hybridized carbons (Fsp3) is 0.588. The summed E-state index contributed by atoms with van der Waals surface area (Å²) in [6, 6.07) is 3.63. The number of benzene rings is 1. The summed E-state index contributed by atoms with van der Waals surface area (Å²) in [4.78, 5) is 14.4. The molecule has 1 saturated heterocycles. The van der Waals surface area contributed by atoms with Crippen LogP contribution >= 0.6 is 23.5 Å². The molecule has 1 N–H and O–H groups in total. The van der Waals surface area contributed by atoms with Crippen molar-refractivity contribution in [2.45, 2.75) is 11.8 Å². The molecule has 1 aromatic carbocycles. The van der Waals surface area contributed by atoms with E-state index in [1.807, 2.05) is 17.0 Å². The Bertz CT molecular complexity index is 559. The zero-order chi connectivity index (χ0) is 18.2. The van der Waals surface area contributed by atoms with Crippen LogP contribution in [0.15, 0.2) is 12.1 Å². The van der Waals surface area contributed by atoms with Gasteiger partial charge >= 0.3 is 0 Å². The van der Waals surface area contributed by atoms with Gasteiger partial charge in [-0.15, -0.1) is 11.8 Å². The van der Waals surface area contributed by atoms with Crippen molar-refractivity contribution in [1.82, 2.24) is 4.90 Å². The van der Waals surface area contributed by atoms with Gasteiger partial charge in [0.25, 0.3) is 0 Å². The smallest absolute Gasteiger partial charge is 0.224 e. The predicted octanol–water partition coefficient (Wildman–Crippen LogP) is 2.40. The molecule has 0 aromatic heterocycles. The number of hydrogen-bond acceptors (Lipinski definition) is 7. The lowest BCUT2D eigenvalue weighted by Crippen LogP contribution is -2.39. The molecule has 140 valence electrons. The fourth-order valence-electron chi connectivity index (χ4n) is 2.71. The van der Waals surface area contributed by atoms with Crippen LogP contribution in [0.4, 0.5) is 0 Å². The molecular weight excluding hydrogens is 362 g/mol.